The summed E-state index contributed by atoms with van der Waals surface area (Å²) in [6.07, 6.45) is 0.957. The monoisotopic (exact) mass is 283 g/mol. The van der Waals surface area contributed by atoms with E-state index in [1.54, 1.807) is 0 Å². The molecule has 0 heterocycles. The summed E-state index contributed by atoms with van der Waals surface area (Å²) < 4.78 is 17.7. The Morgan fingerprint density at radius 2 is 2.00 bits per heavy atom. The standard InChI is InChI=1S/C15H25NO2S/c1-4-11-19(17)12-14(16-5-2)13-9-7-8-10-15(13)18-6-3/h7-10,14,16H,4-6,11-12H2,1-3H3. The first-order valence-electron chi connectivity index (χ1n) is 7.02. The van der Waals surface area contributed by atoms with Crippen LogP contribution in [-0.2, 0) is 10.8 Å². The van der Waals surface area contributed by atoms with Crippen LogP contribution in [0.4, 0.5) is 0 Å². The van der Waals surface area contributed by atoms with Crippen molar-refractivity contribution >= 4 is 10.8 Å². The summed E-state index contributed by atoms with van der Waals surface area (Å²) in [6, 6.07) is 8.11. The Morgan fingerprint density at radius 3 is 2.63 bits per heavy atom. The van der Waals surface area contributed by atoms with E-state index >= 15 is 0 Å². The fourth-order valence-electron chi connectivity index (χ4n) is 2.06. The van der Waals surface area contributed by atoms with Crippen LogP contribution in [0, 0.1) is 0 Å². The third-order valence-electron chi connectivity index (χ3n) is 2.83. The molecular formula is C15H25NO2S. The first kappa shape index (κ1) is 16.2. The van der Waals surface area contributed by atoms with Crippen LogP contribution in [-0.4, -0.2) is 28.9 Å². The maximum Gasteiger partial charge on any atom is 0.124 e. The van der Waals surface area contributed by atoms with Crippen LogP contribution >= 0.6 is 0 Å². The molecule has 0 aromatic heterocycles. The Balaban J connectivity index is 2.88. The number of nitrogens with one attached hydrogen (secondary N) is 1. The van der Waals surface area contributed by atoms with Crippen molar-refractivity contribution in [1.82, 2.24) is 5.32 Å². The van der Waals surface area contributed by atoms with Crippen molar-refractivity contribution in [2.75, 3.05) is 24.7 Å². The van der Waals surface area contributed by atoms with Gasteiger partial charge in [0, 0.05) is 33.9 Å². The molecule has 2 atom stereocenters. The van der Waals surface area contributed by atoms with Gasteiger partial charge in [-0.25, -0.2) is 0 Å². The molecule has 4 heteroatoms. The van der Waals surface area contributed by atoms with Crippen molar-refractivity contribution in [3.8, 4) is 5.75 Å². The molecule has 0 radical (unpaired) electrons. The number of rotatable bonds is 9. The fraction of sp³-hybridized carbons (Fsp3) is 0.600. The SMILES string of the molecule is CCCS(=O)CC(NCC)c1ccccc1OCC. The molecule has 1 aromatic carbocycles. The molecule has 1 aromatic rings. The molecule has 3 nitrogen and oxygen atoms in total. The summed E-state index contributed by atoms with van der Waals surface area (Å²) in [7, 11) is -0.782. The molecule has 0 amide bonds. The lowest BCUT2D eigenvalue weighted by molar-refractivity contribution is 0.333. The molecule has 0 fully saturated rings. The molecule has 19 heavy (non-hydrogen) atoms. The van der Waals surface area contributed by atoms with E-state index in [4.69, 9.17) is 4.74 Å². The van der Waals surface area contributed by atoms with Crippen LogP contribution < -0.4 is 10.1 Å². The Kier molecular flexibility index (Phi) is 7.75. The Hall–Kier alpha value is -0.870. The van der Waals surface area contributed by atoms with Crippen LogP contribution in [0.3, 0.4) is 0 Å². The van der Waals surface area contributed by atoms with Gasteiger partial charge in [0.15, 0.2) is 0 Å². The molecule has 1 N–H and O–H groups in total. The molecule has 0 aliphatic heterocycles. The second-order valence-corrected chi connectivity index (χ2v) is 6.01. The van der Waals surface area contributed by atoms with Gasteiger partial charge < -0.3 is 10.1 Å². The number of benzene rings is 1. The predicted molar refractivity (Wildman–Crippen MR) is 82.2 cm³/mol. The second-order valence-electron chi connectivity index (χ2n) is 4.39. The minimum Gasteiger partial charge on any atom is -0.494 e. The maximum atomic E-state index is 12.0. The van der Waals surface area contributed by atoms with E-state index in [9.17, 15) is 4.21 Å². The summed E-state index contributed by atoms with van der Waals surface area (Å²) in [6.45, 7) is 7.62. The largest absolute Gasteiger partial charge is 0.494 e. The van der Waals surface area contributed by atoms with Crippen molar-refractivity contribution in [2.24, 2.45) is 0 Å². The van der Waals surface area contributed by atoms with Gasteiger partial charge in [-0.2, -0.15) is 0 Å². The molecule has 0 aliphatic rings. The van der Waals surface area contributed by atoms with E-state index in [2.05, 4.69) is 25.2 Å². The minimum atomic E-state index is -0.782. The normalized spacial score (nSPS) is 14.1. The molecule has 0 saturated heterocycles. The minimum absolute atomic E-state index is 0.0973. The zero-order chi connectivity index (χ0) is 14.1. The molecule has 0 aliphatic carbocycles. The lowest BCUT2D eigenvalue weighted by atomic mass is 10.1. The van der Waals surface area contributed by atoms with Crippen molar-refractivity contribution in [1.29, 1.82) is 0 Å². The van der Waals surface area contributed by atoms with Crippen LogP contribution in [0.15, 0.2) is 24.3 Å². The molecule has 0 bridgehead atoms. The van der Waals surface area contributed by atoms with Gasteiger partial charge in [-0.05, 0) is 26.0 Å². The lowest BCUT2D eigenvalue weighted by Gasteiger charge is -2.20. The molecule has 2 unspecified atom stereocenters. The van der Waals surface area contributed by atoms with Crippen LogP contribution in [0.2, 0.25) is 0 Å². The van der Waals surface area contributed by atoms with Crippen molar-refractivity contribution in [2.45, 2.75) is 33.2 Å². The highest BCUT2D eigenvalue weighted by Gasteiger charge is 2.17. The Labute approximate surface area is 119 Å². The number of ether oxygens (including phenoxy) is 1. The van der Waals surface area contributed by atoms with E-state index in [0.29, 0.717) is 12.4 Å². The number of para-hydroxylation sites is 1. The zero-order valence-corrected chi connectivity index (χ0v) is 13.0. The van der Waals surface area contributed by atoms with Gasteiger partial charge in [0.25, 0.3) is 0 Å². The van der Waals surface area contributed by atoms with Crippen LogP contribution in [0.25, 0.3) is 0 Å². The summed E-state index contributed by atoms with van der Waals surface area (Å²) >= 11 is 0. The topological polar surface area (TPSA) is 38.3 Å². The van der Waals surface area contributed by atoms with E-state index in [0.717, 1.165) is 30.0 Å². The maximum absolute atomic E-state index is 12.0. The van der Waals surface area contributed by atoms with Gasteiger partial charge in [-0.3, -0.25) is 4.21 Å². The van der Waals surface area contributed by atoms with Gasteiger partial charge >= 0.3 is 0 Å². The van der Waals surface area contributed by atoms with Crippen molar-refractivity contribution in [3.63, 3.8) is 0 Å². The van der Waals surface area contributed by atoms with Gasteiger partial charge in [0.2, 0.25) is 0 Å². The molecule has 0 saturated carbocycles. The van der Waals surface area contributed by atoms with E-state index < -0.39 is 10.8 Å². The Bertz CT molecular complexity index is 395. The average Bonchev–Trinajstić information content (AvgIpc) is 2.39. The highest BCUT2D eigenvalue weighted by molar-refractivity contribution is 7.85. The second kappa shape index (κ2) is 9.10. The van der Waals surface area contributed by atoms with E-state index in [1.165, 1.54) is 0 Å². The third-order valence-corrected chi connectivity index (χ3v) is 4.40. The number of hydrogen-bond acceptors (Lipinski definition) is 3. The van der Waals surface area contributed by atoms with Gasteiger partial charge in [0.05, 0.1) is 6.61 Å². The predicted octanol–water partition coefficient (Wildman–Crippen LogP) is 2.89. The Morgan fingerprint density at radius 1 is 1.26 bits per heavy atom. The first-order valence-corrected chi connectivity index (χ1v) is 8.51. The lowest BCUT2D eigenvalue weighted by Crippen LogP contribution is -2.27. The summed E-state index contributed by atoms with van der Waals surface area (Å²) in [4.78, 5) is 0. The van der Waals surface area contributed by atoms with E-state index in [1.807, 2.05) is 25.1 Å². The zero-order valence-electron chi connectivity index (χ0n) is 12.1. The van der Waals surface area contributed by atoms with Crippen molar-refractivity contribution < 1.29 is 8.95 Å². The summed E-state index contributed by atoms with van der Waals surface area (Å²) in [5.74, 6) is 2.30. The number of hydrogen-bond donors (Lipinski definition) is 1. The summed E-state index contributed by atoms with van der Waals surface area (Å²) in [5, 5.41) is 3.41. The molecule has 1 rings (SSSR count). The molecule has 0 spiro atoms. The first-order chi connectivity index (χ1) is 9.22. The van der Waals surface area contributed by atoms with Gasteiger partial charge in [-0.15, -0.1) is 0 Å². The average molecular weight is 283 g/mol. The van der Waals surface area contributed by atoms with Crippen molar-refractivity contribution in [3.05, 3.63) is 29.8 Å². The highest BCUT2D eigenvalue weighted by Crippen LogP contribution is 2.25. The van der Waals surface area contributed by atoms with Crippen LogP contribution in [0.1, 0.15) is 38.8 Å². The van der Waals surface area contributed by atoms with Crippen LogP contribution in [0.5, 0.6) is 5.75 Å². The smallest absolute Gasteiger partial charge is 0.124 e. The van der Waals surface area contributed by atoms with E-state index in [-0.39, 0.29) is 6.04 Å². The summed E-state index contributed by atoms with van der Waals surface area (Å²) in [5.41, 5.74) is 1.11. The van der Waals surface area contributed by atoms with Gasteiger partial charge in [-0.1, -0.05) is 32.0 Å². The fourth-order valence-corrected chi connectivity index (χ4v) is 3.35. The van der Waals surface area contributed by atoms with Gasteiger partial charge in [0.1, 0.15) is 5.75 Å². The highest BCUT2D eigenvalue weighted by atomic mass is 32.2. The quantitative estimate of drug-likeness (QED) is 0.757. The third kappa shape index (κ3) is 5.33. The molecule has 108 valence electrons. The molecular weight excluding hydrogens is 258 g/mol.